The summed E-state index contributed by atoms with van der Waals surface area (Å²) < 4.78 is 2.07. The van der Waals surface area contributed by atoms with E-state index in [4.69, 9.17) is 5.11 Å². The van der Waals surface area contributed by atoms with Crippen molar-refractivity contribution < 1.29 is 14.7 Å². The van der Waals surface area contributed by atoms with Crippen molar-refractivity contribution in [3.8, 4) is 0 Å². The van der Waals surface area contributed by atoms with Gasteiger partial charge in [-0.3, -0.25) is 9.59 Å². The molecule has 0 amide bonds. The Morgan fingerprint density at radius 2 is 1.42 bits per heavy atom. The van der Waals surface area contributed by atoms with E-state index in [2.05, 4.69) is 42.8 Å². The van der Waals surface area contributed by atoms with Gasteiger partial charge < -0.3 is 15.0 Å². The molecule has 0 aliphatic heterocycles. The third kappa shape index (κ3) is 10.7. The van der Waals surface area contributed by atoms with Crippen molar-refractivity contribution in [3.05, 3.63) is 52.8 Å². The Labute approximate surface area is 231 Å². The Morgan fingerprint density at radius 3 is 1.95 bits per heavy atom. The fourth-order valence-electron chi connectivity index (χ4n) is 5.37. The summed E-state index contributed by atoms with van der Waals surface area (Å²) in [5.74, 6) is -0.743. The molecule has 2 aromatic rings. The average Bonchev–Trinajstić information content (AvgIpc) is 3.23. The van der Waals surface area contributed by atoms with Crippen LogP contribution in [0.3, 0.4) is 0 Å². The molecule has 5 heteroatoms. The van der Waals surface area contributed by atoms with Crippen molar-refractivity contribution in [2.24, 2.45) is 7.05 Å². The summed E-state index contributed by atoms with van der Waals surface area (Å²) in [6.07, 6.45) is 17.6. The number of aliphatic carboxylic acids is 1. The van der Waals surface area contributed by atoms with Gasteiger partial charge in [0.2, 0.25) is 0 Å². The van der Waals surface area contributed by atoms with Gasteiger partial charge in [0.25, 0.3) is 0 Å². The Bertz CT molecular complexity index is 947. The minimum Gasteiger partial charge on any atom is -0.481 e. The highest BCUT2D eigenvalue weighted by Crippen LogP contribution is 2.23. The molecule has 2 rings (SSSR count). The van der Waals surface area contributed by atoms with Crippen LogP contribution in [0.1, 0.15) is 138 Å². The number of aryl methyl sites for hydroxylation is 1. The van der Waals surface area contributed by atoms with E-state index < -0.39 is 5.97 Å². The number of carbonyl (C=O) groups is 2. The Morgan fingerprint density at radius 1 is 0.842 bits per heavy atom. The summed E-state index contributed by atoms with van der Waals surface area (Å²) in [5.41, 5.74) is 4.55. The van der Waals surface area contributed by atoms with E-state index in [9.17, 15) is 9.59 Å². The zero-order valence-corrected chi connectivity index (χ0v) is 24.5. The number of aromatic nitrogens is 1. The second-order valence-electron chi connectivity index (χ2n) is 10.8. The molecule has 0 aliphatic rings. The number of nitrogens with zero attached hydrogens (tertiary/aromatic N) is 1. The number of carboxylic acids is 1. The summed E-state index contributed by atoms with van der Waals surface area (Å²) in [6, 6.07) is 10.4. The van der Waals surface area contributed by atoms with Crippen LogP contribution in [0.15, 0.2) is 30.3 Å². The molecule has 0 radical (unpaired) electrons. The Kier molecular flexibility index (Phi) is 14.9. The number of ketones is 1. The van der Waals surface area contributed by atoms with E-state index in [0.29, 0.717) is 24.4 Å². The van der Waals surface area contributed by atoms with Gasteiger partial charge in [0, 0.05) is 47.7 Å². The number of benzene rings is 1. The fraction of sp³-hybridized carbons (Fsp3) is 0.636. The molecule has 1 aromatic carbocycles. The molecule has 2 N–H and O–H groups in total. The van der Waals surface area contributed by atoms with Crippen molar-refractivity contribution in [1.29, 1.82) is 0 Å². The maximum atomic E-state index is 13.4. The van der Waals surface area contributed by atoms with Crippen LogP contribution < -0.4 is 5.32 Å². The zero-order valence-electron chi connectivity index (χ0n) is 24.5. The maximum absolute atomic E-state index is 13.4. The van der Waals surface area contributed by atoms with Crippen molar-refractivity contribution >= 4 is 17.4 Å². The average molecular weight is 525 g/mol. The summed E-state index contributed by atoms with van der Waals surface area (Å²) in [7, 11) is 1.98. The quantitative estimate of drug-likeness (QED) is 0.126. The van der Waals surface area contributed by atoms with E-state index >= 15 is 0 Å². The molecule has 0 spiro atoms. The van der Waals surface area contributed by atoms with Crippen LogP contribution in [0.25, 0.3) is 0 Å². The van der Waals surface area contributed by atoms with Crippen molar-refractivity contribution in [2.45, 2.75) is 130 Å². The molecule has 0 saturated heterocycles. The van der Waals surface area contributed by atoms with Gasteiger partial charge >= 0.3 is 5.97 Å². The van der Waals surface area contributed by atoms with Crippen LogP contribution in [-0.2, 0) is 24.7 Å². The highest BCUT2D eigenvalue weighted by Gasteiger charge is 2.19. The number of nitrogens with one attached hydrogen (secondary N) is 1. The first-order valence-electron chi connectivity index (χ1n) is 15.2. The van der Waals surface area contributed by atoms with Crippen molar-refractivity contribution in [3.63, 3.8) is 0 Å². The van der Waals surface area contributed by atoms with E-state index in [0.717, 1.165) is 29.1 Å². The van der Waals surface area contributed by atoms with E-state index in [-0.39, 0.29) is 12.2 Å². The molecule has 1 aromatic heterocycles. The molecule has 0 fully saturated rings. The van der Waals surface area contributed by atoms with Gasteiger partial charge in [0.15, 0.2) is 5.78 Å². The van der Waals surface area contributed by atoms with E-state index in [1.54, 1.807) is 0 Å². The van der Waals surface area contributed by atoms with Crippen LogP contribution >= 0.6 is 0 Å². The van der Waals surface area contributed by atoms with Crippen LogP contribution in [-0.4, -0.2) is 27.5 Å². The predicted molar refractivity (Wildman–Crippen MR) is 159 cm³/mol. The Hall–Kier alpha value is -2.56. The topological polar surface area (TPSA) is 71.3 Å². The van der Waals surface area contributed by atoms with Crippen molar-refractivity contribution in [1.82, 2.24) is 4.57 Å². The third-order valence-corrected chi connectivity index (χ3v) is 7.69. The second-order valence-corrected chi connectivity index (χ2v) is 10.8. The molecule has 0 atom stereocenters. The Balaban J connectivity index is 2.04. The highest BCUT2D eigenvalue weighted by molar-refractivity contribution is 6.10. The normalized spacial score (nSPS) is 11.3. The lowest BCUT2D eigenvalue weighted by Crippen LogP contribution is -2.19. The van der Waals surface area contributed by atoms with E-state index in [1.165, 1.54) is 77.0 Å². The lowest BCUT2D eigenvalue weighted by Gasteiger charge is -2.20. The molecule has 1 heterocycles. The van der Waals surface area contributed by atoms with Gasteiger partial charge in [-0.2, -0.15) is 0 Å². The molecule has 0 aliphatic carbocycles. The number of hydrogen-bond donors (Lipinski definition) is 2. The molecule has 5 nitrogen and oxygen atoms in total. The summed E-state index contributed by atoms with van der Waals surface area (Å²) in [5, 5.41) is 12.7. The molecular formula is C33H52N2O3. The molecule has 0 saturated carbocycles. The molecular weight excluding hydrogens is 472 g/mol. The number of rotatable bonds is 21. The number of unbranched alkanes of at least 4 members (excludes halogenated alkanes) is 8. The first-order valence-corrected chi connectivity index (χ1v) is 15.2. The number of carboxylic acid groups (broad SMARTS) is 1. The second kappa shape index (κ2) is 17.9. The molecule has 212 valence electrons. The first kappa shape index (κ1) is 31.7. The minimum atomic E-state index is -0.782. The van der Waals surface area contributed by atoms with Crippen molar-refractivity contribution in [2.75, 3.05) is 5.32 Å². The van der Waals surface area contributed by atoms with E-state index in [1.807, 2.05) is 25.2 Å². The maximum Gasteiger partial charge on any atom is 0.303 e. The lowest BCUT2D eigenvalue weighted by molar-refractivity contribution is -0.137. The summed E-state index contributed by atoms with van der Waals surface area (Å²) in [4.78, 5) is 24.3. The van der Waals surface area contributed by atoms with Gasteiger partial charge in [-0.05, 0) is 62.4 Å². The van der Waals surface area contributed by atoms with Gasteiger partial charge in [-0.25, -0.2) is 0 Å². The molecule has 0 bridgehead atoms. The van der Waals surface area contributed by atoms with Crippen LogP contribution in [0.5, 0.6) is 0 Å². The number of anilines is 1. The smallest absolute Gasteiger partial charge is 0.303 e. The minimum absolute atomic E-state index is 0.0388. The fourth-order valence-corrected chi connectivity index (χ4v) is 5.37. The van der Waals surface area contributed by atoms with Gasteiger partial charge in [-0.15, -0.1) is 0 Å². The SMILES string of the molecule is CCCCCCCC(CCCCCCC)Nc1ccc(C(=O)c2cc(CCCC(=O)O)n(C)c2CC)cc1. The van der Waals surface area contributed by atoms with Crippen LogP contribution in [0.2, 0.25) is 0 Å². The monoisotopic (exact) mass is 524 g/mol. The lowest BCUT2D eigenvalue weighted by atomic mass is 9.99. The number of carbonyl (C=O) groups excluding carboxylic acids is 1. The summed E-state index contributed by atoms with van der Waals surface area (Å²) >= 11 is 0. The molecule has 38 heavy (non-hydrogen) atoms. The van der Waals surface area contributed by atoms with Gasteiger partial charge in [-0.1, -0.05) is 85.0 Å². The largest absolute Gasteiger partial charge is 0.481 e. The van der Waals surface area contributed by atoms with Gasteiger partial charge in [0.1, 0.15) is 0 Å². The van der Waals surface area contributed by atoms with Crippen LogP contribution in [0, 0.1) is 0 Å². The molecule has 0 unspecified atom stereocenters. The standard InChI is InChI=1S/C33H52N2O3/c1-5-8-10-12-14-17-27(18-15-13-11-9-6-2)34-28-23-21-26(22-24-28)33(38)30-25-29(19-16-20-32(36)37)35(4)31(30)7-3/h21-25,27,34H,5-20H2,1-4H3,(H,36,37). The van der Waals surface area contributed by atoms with Crippen LogP contribution in [0.4, 0.5) is 5.69 Å². The summed E-state index contributed by atoms with van der Waals surface area (Å²) in [6.45, 7) is 6.58. The van der Waals surface area contributed by atoms with Gasteiger partial charge in [0.05, 0.1) is 0 Å². The zero-order chi connectivity index (χ0) is 27.8. The predicted octanol–water partition coefficient (Wildman–Crippen LogP) is 8.73. The highest BCUT2D eigenvalue weighted by atomic mass is 16.4. The number of hydrogen-bond acceptors (Lipinski definition) is 3. The first-order chi connectivity index (χ1) is 18.4. The third-order valence-electron chi connectivity index (χ3n) is 7.69.